The molecule has 3 N–H and O–H groups in total. The van der Waals surface area contributed by atoms with Gasteiger partial charge in [-0.1, -0.05) is 6.07 Å². The molecule has 1 fully saturated rings. The zero-order valence-electron chi connectivity index (χ0n) is 10.9. The van der Waals surface area contributed by atoms with Crippen LogP contribution < -0.4 is 10.5 Å². The van der Waals surface area contributed by atoms with Crippen LogP contribution in [0.25, 0.3) is 0 Å². The maximum atomic E-state index is 13.0. The summed E-state index contributed by atoms with van der Waals surface area (Å²) in [5, 5.41) is 9.90. The molecule has 1 aliphatic carbocycles. The monoisotopic (exact) mass is 311 g/mol. The van der Waals surface area contributed by atoms with Crippen molar-refractivity contribution in [1.29, 1.82) is 0 Å². The SMILES string of the molecule is COc1ccc([C@@H](N)[C@@H](O)C2CC2)c(C(F)(F)F)c1.Cl. The van der Waals surface area contributed by atoms with Crippen molar-refractivity contribution in [3.8, 4) is 5.75 Å². The highest BCUT2D eigenvalue weighted by molar-refractivity contribution is 5.85. The number of hydrogen-bond acceptors (Lipinski definition) is 3. The zero-order chi connectivity index (χ0) is 14.2. The lowest BCUT2D eigenvalue weighted by molar-refractivity contribution is -0.138. The van der Waals surface area contributed by atoms with Crippen molar-refractivity contribution in [2.75, 3.05) is 7.11 Å². The Bertz CT molecular complexity index is 463. The molecule has 0 amide bonds. The van der Waals surface area contributed by atoms with E-state index in [0.717, 1.165) is 18.9 Å². The number of alkyl halides is 3. The summed E-state index contributed by atoms with van der Waals surface area (Å²) < 4.78 is 43.8. The van der Waals surface area contributed by atoms with Crippen LogP contribution >= 0.6 is 12.4 Å². The number of nitrogens with two attached hydrogens (primary N) is 1. The zero-order valence-corrected chi connectivity index (χ0v) is 11.7. The number of ether oxygens (including phenoxy) is 1. The fourth-order valence-electron chi connectivity index (χ4n) is 2.11. The van der Waals surface area contributed by atoms with E-state index >= 15 is 0 Å². The van der Waals surface area contributed by atoms with Gasteiger partial charge < -0.3 is 15.6 Å². The van der Waals surface area contributed by atoms with Gasteiger partial charge in [0.1, 0.15) is 5.75 Å². The first-order valence-corrected chi connectivity index (χ1v) is 6.03. The van der Waals surface area contributed by atoms with Crippen LogP contribution in [-0.4, -0.2) is 18.3 Å². The molecule has 2 atom stereocenters. The molecule has 0 bridgehead atoms. The third-order valence-corrected chi connectivity index (χ3v) is 3.40. The molecule has 1 aromatic carbocycles. The molecule has 1 aliphatic rings. The van der Waals surface area contributed by atoms with Crippen molar-refractivity contribution in [3.05, 3.63) is 29.3 Å². The number of halogens is 4. The van der Waals surface area contributed by atoms with Gasteiger partial charge >= 0.3 is 6.18 Å². The molecule has 3 nitrogen and oxygen atoms in total. The van der Waals surface area contributed by atoms with E-state index in [0.29, 0.717) is 0 Å². The van der Waals surface area contributed by atoms with Crippen molar-refractivity contribution in [2.45, 2.75) is 31.2 Å². The molecular weight excluding hydrogens is 295 g/mol. The van der Waals surface area contributed by atoms with Crippen LogP contribution in [0.5, 0.6) is 5.75 Å². The van der Waals surface area contributed by atoms with Gasteiger partial charge in [0.25, 0.3) is 0 Å². The van der Waals surface area contributed by atoms with Crippen LogP contribution in [0.4, 0.5) is 13.2 Å². The van der Waals surface area contributed by atoms with Crippen LogP contribution in [0.15, 0.2) is 18.2 Å². The standard InChI is InChI=1S/C13H16F3NO2.ClH/c1-19-8-4-5-9(10(6-8)13(14,15)16)11(17)12(18)7-2-3-7;/h4-7,11-12,18H,2-3,17H2,1H3;1H/t11-,12+;/m1./s1. The van der Waals surface area contributed by atoms with Gasteiger partial charge in [0.05, 0.1) is 24.8 Å². The Labute approximate surface area is 121 Å². The molecule has 0 heterocycles. The minimum atomic E-state index is -4.52. The van der Waals surface area contributed by atoms with E-state index < -0.39 is 23.9 Å². The lowest BCUT2D eigenvalue weighted by Crippen LogP contribution is -2.30. The van der Waals surface area contributed by atoms with Crippen LogP contribution in [0.3, 0.4) is 0 Å². The van der Waals surface area contributed by atoms with Gasteiger partial charge in [-0.2, -0.15) is 13.2 Å². The van der Waals surface area contributed by atoms with Gasteiger partial charge in [-0.25, -0.2) is 0 Å². The second-order valence-electron chi connectivity index (χ2n) is 4.80. The van der Waals surface area contributed by atoms with Gasteiger partial charge in [0.2, 0.25) is 0 Å². The Kier molecular flexibility index (Phi) is 5.29. The van der Waals surface area contributed by atoms with Gasteiger partial charge in [-0.15, -0.1) is 12.4 Å². The molecule has 1 saturated carbocycles. The number of aliphatic hydroxyl groups excluding tert-OH is 1. The lowest BCUT2D eigenvalue weighted by atomic mass is 9.94. The topological polar surface area (TPSA) is 55.5 Å². The van der Waals surface area contributed by atoms with Gasteiger partial charge in [-0.05, 0) is 36.5 Å². The van der Waals surface area contributed by atoms with Crippen molar-refractivity contribution >= 4 is 12.4 Å². The Morgan fingerprint density at radius 3 is 2.40 bits per heavy atom. The molecule has 0 radical (unpaired) electrons. The number of hydrogen-bond donors (Lipinski definition) is 2. The number of methoxy groups -OCH3 is 1. The maximum absolute atomic E-state index is 13.0. The fourth-order valence-corrected chi connectivity index (χ4v) is 2.11. The highest BCUT2D eigenvalue weighted by Gasteiger charge is 2.40. The van der Waals surface area contributed by atoms with Gasteiger partial charge in [-0.3, -0.25) is 0 Å². The Hall–Kier alpha value is -0.980. The summed E-state index contributed by atoms with van der Waals surface area (Å²) in [6, 6.07) is 2.58. The summed E-state index contributed by atoms with van der Waals surface area (Å²) in [6.45, 7) is 0. The third-order valence-electron chi connectivity index (χ3n) is 3.40. The first kappa shape index (κ1) is 17.1. The molecular formula is C13H17ClF3NO2. The van der Waals surface area contributed by atoms with E-state index in [1.807, 2.05) is 0 Å². The smallest absolute Gasteiger partial charge is 0.416 e. The molecule has 114 valence electrons. The average Bonchev–Trinajstić information content (AvgIpc) is 3.19. The summed E-state index contributed by atoms with van der Waals surface area (Å²) in [5.41, 5.74) is 4.84. The van der Waals surface area contributed by atoms with Crippen molar-refractivity contribution in [1.82, 2.24) is 0 Å². The molecule has 0 unspecified atom stereocenters. The summed E-state index contributed by atoms with van der Waals surface area (Å²) >= 11 is 0. The van der Waals surface area contributed by atoms with Crippen LogP contribution in [-0.2, 0) is 6.18 Å². The predicted octanol–water partition coefficient (Wildman–Crippen LogP) is 2.91. The summed E-state index contributed by atoms with van der Waals surface area (Å²) in [5.74, 6) is 0.127. The molecule has 7 heteroatoms. The molecule has 2 rings (SSSR count). The Morgan fingerprint density at radius 2 is 1.95 bits per heavy atom. The molecule has 0 spiro atoms. The van der Waals surface area contributed by atoms with Gasteiger partial charge in [0, 0.05) is 0 Å². The van der Waals surface area contributed by atoms with Crippen molar-refractivity contribution < 1.29 is 23.0 Å². The molecule has 0 aliphatic heterocycles. The van der Waals surface area contributed by atoms with E-state index in [4.69, 9.17) is 10.5 Å². The highest BCUT2D eigenvalue weighted by Crippen LogP contribution is 2.41. The average molecular weight is 312 g/mol. The second kappa shape index (κ2) is 6.20. The first-order valence-electron chi connectivity index (χ1n) is 6.03. The Morgan fingerprint density at radius 1 is 1.35 bits per heavy atom. The van der Waals surface area contributed by atoms with E-state index in [-0.39, 0.29) is 29.6 Å². The minimum Gasteiger partial charge on any atom is -0.497 e. The van der Waals surface area contributed by atoms with E-state index in [1.54, 1.807) is 0 Å². The number of benzene rings is 1. The quantitative estimate of drug-likeness (QED) is 0.899. The summed E-state index contributed by atoms with van der Waals surface area (Å²) in [7, 11) is 1.30. The summed E-state index contributed by atoms with van der Waals surface area (Å²) in [4.78, 5) is 0. The number of rotatable bonds is 4. The van der Waals surface area contributed by atoms with Crippen LogP contribution in [0, 0.1) is 5.92 Å². The molecule has 0 saturated heterocycles. The first-order chi connectivity index (χ1) is 8.84. The molecule has 20 heavy (non-hydrogen) atoms. The van der Waals surface area contributed by atoms with Gasteiger partial charge in [0.15, 0.2) is 0 Å². The molecule has 1 aromatic rings. The van der Waals surface area contributed by atoms with E-state index in [1.165, 1.54) is 19.2 Å². The maximum Gasteiger partial charge on any atom is 0.416 e. The van der Waals surface area contributed by atoms with E-state index in [9.17, 15) is 18.3 Å². The number of aliphatic hydroxyl groups is 1. The van der Waals surface area contributed by atoms with E-state index in [2.05, 4.69) is 0 Å². The normalized spacial score (nSPS) is 18.1. The predicted molar refractivity (Wildman–Crippen MR) is 70.9 cm³/mol. The lowest BCUT2D eigenvalue weighted by Gasteiger charge is -2.23. The van der Waals surface area contributed by atoms with Crippen LogP contribution in [0.1, 0.15) is 30.0 Å². The van der Waals surface area contributed by atoms with Crippen molar-refractivity contribution in [2.24, 2.45) is 11.7 Å². The second-order valence-corrected chi connectivity index (χ2v) is 4.80. The third kappa shape index (κ3) is 3.56. The minimum absolute atomic E-state index is 0. The summed E-state index contributed by atoms with van der Waals surface area (Å²) in [6.07, 6.45) is -3.83. The fraction of sp³-hybridized carbons (Fsp3) is 0.538. The largest absolute Gasteiger partial charge is 0.497 e. The molecule has 0 aromatic heterocycles. The Balaban J connectivity index is 0.00000200. The highest BCUT2D eigenvalue weighted by atomic mass is 35.5. The van der Waals surface area contributed by atoms with Crippen LogP contribution in [0.2, 0.25) is 0 Å². The van der Waals surface area contributed by atoms with Crippen molar-refractivity contribution in [3.63, 3.8) is 0 Å².